The highest BCUT2D eigenvalue weighted by Gasteiger charge is 2.25. The summed E-state index contributed by atoms with van der Waals surface area (Å²) in [6.07, 6.45) is 6.44. The van der Waals surface area contributed by atoms with Gasteiger partial charge in [-0.1, -0.05) is 29.8 Å². The molecule has 5 nitrogen and oxygen atoms in total. The van der Waals surface area contributed by atoms with Gasteiger partial charge in [0.05, 0.1) is 12.9 Å². The first-order valence-electron chi connectivity index (χ1n) is 7.07. The van der Waals surface area contributed by atoms with Crippen molar-refractivity contribution in [3.63, 3.8) is 0 Å². The summed E-state index contributed by atoms with van der Waals surface area (Å²) in [6, 6.07) is 0.137. The number of allylic oxidation sites excluding steroid dienone is 1. The van der Waals surface area contributed by atoms with Gasteiger partial charge in [0, 0.05) is 17.6 Å². The second-order valence-electron chi connectivity index (χ2n) is 5.24. The topological polar surface area (TPSA) is 59.0 Å². The van der Waals surface area contributed by atoms with Crippen LogP contribution in [0.1, 0.15) is 32.6 Å². The standard InChI is InChI=1S/C14H22Cl2N2O3S/c1-11(15)10-14(17-12(2)16)18-8-5-4-6-13(18)7-9-21-22(3,19)20/h10,13H,2,4-9H2,1,3H3/b11-10+,17-14+/t13-/m0/s1. The van der Waals surface area contributed by atoms with Crippen LogP contribution >= 0.6 is 23.2 Å². The van der Waals surface area contributed by atoms with Crippen LogP contribution in [0.2, 0.25) is 0 Å². The molecule has 8 heteroatoms. The van der Waals surface area contributed by atoms with Crippen LogP contribution in [0, 0.1) is 0 Å². The van der Waals surface area contributed by atoms with E-state index >= 15 is 0 Å². The number of likely N-dealkylation sites (tertiary alicyclic amines) is 1. The van der Waals surface area contributed by atoms with Gasteiger partial charge in [0.25, 0.3) is 10.1 Å². The molecule has 0 unspecified atom stereocenters. The van der Waals surface area contributed by atoms with E-state index in [-0.39, 0.29) is 17.8 Å². The van der Waals surface area contributed by atoms with E-state index in [1.54, 1.807) is 13.0 Å². The Morgan fingerprint density at radius 3 is 2.68 bits per heavy atom. The third kappa shape index (κ3) is 7.63. The molecular formula is C14H22Cl2N2O3S. The molecule has 1 saturated heterocycles. The highest BCUT2D eigenvalue weighted by atomic mass is 35.5. The van der Waals surface area contributed by atoms with Gasteiger partial charge < -0.3 is 4.90 Å². The molecule has 0 spiro atoms. The molecule has 0 aliphatic carbocycles. The first kappa shape index (κ1) is 19.5. The van der Waals surface area contributed by atoms with Crippen molar-refractivity contribution in [2.75, 3.05) is 19.4 Å². The van der Waals surface area contributed by atoms with Crippen LogP contribution in [0.5, 0.6) is 0 Å². The maximum Gasteiger partial charge on any atom is 0.264 e. The van der Waals surface area contributed by atoms with Gasteiger partial charge in [0.15, 0.2) is 0 Å². The second-order valence-corrected chi connectivity index (χ2v) is 7.91. The number of nitrogens with zero attached hydrogens (tertiary/aromatic N) is 2. The minimum Gasteiger partial charge on any atom is -0.353 e. The molecule has 1 aliphatic heterocycles. The minimum absolute atomic E-state index is 0.137. The van der Waals surface area contributed by atoms with Gasteiger partial charge in [0.2, 0.25) is 0 Å². The van der Waals surface area contributed by atoms with Crippen molar-refractivity contribution < 1.29 is 12.6 Å². The van der Waals surface area contributed by atoms with Crippen LogP contribution < -0.4 is 0 Å². The van der Waals surface area contributed by atoms with Gasteiger partial charge in [0.1, 0.15) is 11.0 Å². The van der Waals surface area contributed by atoms with Crippen LogP contribution in [-0.2, 0) is 14.3 Å². The molecule has 1 aliphatic rings. The monoisotopic (exact) mass is 368 g/mol. The van der Waals surface area contributed by atoms with Crippen molar-refractivity contribution >= 4 is 39.2 Å². The van der Waals surface area contributed by atoms with E-state index in [2.05, 4.69) is 16.5 Å². The fraction of sp³-hybridized carbons (Fsp3) is 0.643. The van der Waals surface area contributed by atoms with Gasteiger partial charge >= 0.3 is 0 Å². The third-order valence-corrected chi connectivity index (χ3v) is 4.02. The molecule has 0 aromatic carbocycles. The molecular weight excluding hydrogens is 347 g/mol. The van der Waals surface area contributed by atoms with Crippen molar-refractivity contribution in [3.8, 4) is 0 Å². The molecule has 22 heavy (non-hydrogen) atoms. The smallest absolute Gasteiger partial charge is 0.264 e. The second kappa shape index (κ2) is 8.91. The summed E-state index contributed by atoms with van der Waals surface area (Å²) in [5.74, 6) is 0.650. The van der Waals surface area contributed by atoms with Gasteiger partial charge in [-0.05, 0) is 38.7 Å². The van der Waals surface area contributed by atoms with Crippen LogP contribution in [0.4, 0.5) is 0 Å². The molecule has 126 valence electrons. The van der Waals surface area contributed by atoms with Crippen LogP contribution in [0.25, 0.3) is 0 Å². The van der Waals surface area contributed by atoms with Crippen molar-refractivity contribution in [1.29, 1.82) is 0 Å². The quantitative estimate of drug-likeness (QED) is 0.311. The molecule has 0 bridgehead atoms. The number of hydrogen-bond donors (Lipinski definition) is 0. The average Bonchev–Trinajstić information content (AvgIpc) is 2.36. The molecule has 1 atom stereocenters. The summed E-state index contributed by atoms with van der Waals surface area (Å²) >= 11 is 11.8. The number of piperidine rings is 1. The fourth-order valence-corrected chi connectivity index (χ4v) is 3.00. The van der Waals surface area contributed by atoms with Gasteiger partial charge in [-0.25, -0.2) is 4.99 Å². The lowest BCUT2D eigenvalue weighted by atomic mass is 9.99. The molecule has 0 amide bonds. The molecule has 1 rings (SSSR count). The Morgan fingerprint density at radius 2 is 2.14 bits per heavy atom. The lowest BCUT2D eigenvalue weighted by Crippen LogP contribution is -2.43. The Bertz CT molecular complexity index is 554. The highest BCUT2D eigenvalue weighted by molar-refractivity contribution is 7.85. The van der Waals surface area contributed by atoms with E-state index in [0.717, 1.165) is 32.1 Å². The van der Waals surface area contributed by atoms with E-state index in [1.807, 2.05) is 0 Å². The predicted molar refractivity (Wildman–Crippen MR) is 91.8 cm³/mol. The maximum atomic E-state index is 11.1. The number of rotatable bonds is 6. The summed E-state index contributed by atoms with van der Waals surface area (Å²) in [4.78, 5) is 6.33. The van der Waals surface area contributed by atoms with E-state index in [4.69, 9.17) is 27.4 Å². The van der Waals surface area contributed by atoms with Gasteiger partial charge in [-0.2, -0.15) is 8.42 Å². The summed E-state index contributed by atoms with van der Waals surface area (Å²) in [5, 5.41) is 0.772. The number of aliphatic imine (C=N–C) groups is 1. The summed E-state index contributed by atoms with van der Waals surface area (Å²) in [5.41, 5.74) is 0. The number of amidine groups is 1. The lowest BCUT2D eigenvalue weighted by molar-refractivity contribution is 0.197. The number of halogens is 2. The van der Waals surface area contributed by atoms with Crippen LogP contribution in [-0.4, -0.2) is 44.6 Å². The Kier molecular flexibility index (Phi) is 7.89. The number of hydrogen-bond acceptors (Lipinski definition) is 4. The zero-order chi connectivity index (χ0) is 16.8. The predicted octanol–water partition coefficient (Wildman–Crippen LogP) is 3.46. The molecule has 0 aromatic rings. The summed E-state index contributed by atoms with van der Waals surface area (Å²) in [6.45, 7) is 6.32. The molecule has 0 radical (unpaired) electrons. The Hall–Kier alpha value is -0.560. The molecule has 1 heterocycles. The average molecular weight is 369 g/mol. The largest absolute Gasteiger partial charge is 0.353 e. The minimum atomic E-state index is -3.42. The molecule has 0 saturated carbocycles. The van der Waals surface area contributed by atoms with E-state index in [0.29, 0.717) is 17.3 Å². The van der Waals surface area contributed by atoms with Gasteiger partial charge in [-0.3, -0.25) is 4.18 Å². The third-order valence-electron chi connectivity index (χ3n) is 3.23. The fourth-order valence-electron chi connectivity index (χ4n) is 2.42. The van der Waals surface area contributed by atoms with Crippen molar-refractivity contribution in [3.05, 3.63) is 22.8 Å². The van der Waals surface area contributed by atoms with E-state index in [9.17, 15) is 8.42 Å². The van der Waals surface area contributed by atoms with Crippen molar-refractivity contribution in [1.82, 2.24) is 4.90 Å². The molecule has 0 aromatic heterocycles. The lowest BCUT2D eigenvalue weighted by Gasteiger charge is -2.37. The van der Waals surface area contributed by atoms with Crippen LogP contribution in [0.15, 0.2) is 27.8 Å². The van der Waals surface area contributed by atoms with Crippen molar-refractivity contribution in [2.24, 2.45) is 4.99 Å². The van der Waals surface area contributed by atoms with Crippen molar-refractivity contribution in [2.45, 2.75) is 38.6 Å². The van der Waals surface area contributed by atoms with E-state index < -0.39 is 10.1 Å². The van der Waals surface area contributed by atoms with Gasteiger partial charge in [-0.15, -0.1) is 0 Å². The molecule has 1 fully saturated rings. The molecule has 0 N–H and O–H groups in total. The maximum absolute atomic E-state index is 11.1. The normalized spacial score (nSPS) is 21.1. The first-order valence-corrected chi connectivity index (χ1v) is 9.64. The van der Waals surface area contributed by atoms with Crippen LogP contribution in [0.3, 0.4) is 0 Å². The highest BCUT2D eigenvalue weighted by Crippen LogP contribution is 2.22. The Morgan fingerprint density at radius 1 is 1.45 bits per heavy atom. The summed E-state index contributed by atoms with van der Waals surface area (Å²) in [7, 11) is -3.42. The zero-order valence-corrected chi connectivity index (χ0v) is 15.2. The Balaban J connectivity index is 2.85. The zero-order valence-electron chi connectivity index (χ0n) is 12.9. The summed E-state index contributed by atoms with van der Waals surface area (Å²) < 4.78 is 27.0. The first-order chi connectivity index (χ1) is 10.2. The Labute approximate surface area is 142 Å². The SMILES string of the molecule is C=C(Cl)/N=C(\C=C(/C)Cl)N1CCCC[C@H]1CCOS(C)(=O)=O. The van der Waals surface area contributed by atoms with E-state index in [1.165, 1.54) is 0 Å².